The lowest BCUT2D eigenvalue weighted by molar-refractivity contribution is -0.136. The number of pyridine rings is 1. The number of piperidine rings is 1. The van der Waals surface area contributed by atoms with Gasteiger partial charge in [0, 0.05) is 17.8 Å². The number of ether oxygens (including phenoxy) is 1. The molecule has 0 spiro atoms. The van der Waals surface area contributed by atoms with Crippen molar-refractivity contribution < 1.29 is 4.74 Å². The maximum absolute atomic E-state index is 5.42. The van der Waals surface area contributed by atoms with E-state index in [9.17, 15) is 0 Å². The van der Waals surface area contributed by atoms with Gasteiger partial charge in [0.05, 0.1) is 18.8 Å². The third-order valence-corrected chi connectivity index (χ3v) is 5.55. The van der Waals surface area contributed by atoms with E-state index < -0.39 is 0 Å². The number of hydrogen-bond acceptors (Lipinski definition) is 3. The number of aryl methyl sites for hydroxylation is 1. The number of rotatable bonds is 2. The van der Waals surface area contributed by atoms with Gasteiger partial charge in [0.15, 0.2) is 0 Å². The first-order chi connectivity index (χ1) is 10.7. The van der Waals surface area contributed by atoms with Crippen molar-refractivity contribution in [3.05, 3.63) is 41.7 Å². The SMILES string of the molecule is Cc1cc2cnccc2cc1C1CCN(C2(C)COC2)CC1. The molecule has 1 aromatic heterocycles. The molecule has 0 N–H and O–H groups in total. The number of likely N-dealkylation sites (tertiary alicyclic amines) is 1. The second-order valence-corrected chi connectivity index (χ2v) is 7.18. The molecule has 3 nitrogen and oxygen atoms in total. The Labute approximate surface area is 132 Å². The van der Waals surface area contributed by atoms with Crippen molar-refractivity contribution in [1.82, 2.24) is 9.88 Å². The lowest BCUT2D eigenvalue weighted by Crippen LogP contribution is -2.61. The molecule has 0 saturated carbocycles. The van der Waals surface area contributed by atoms with Gasteiger partial charge in [-0.25, -0.2) is 0 Å². The Morgan fingerprint density at radius 1 is 1.18 bits per heavy atom. The summed E-state index contributed by atoms with van der Waals surface area (Å²) in [5, 5.41) is 2.57. The molecule has 0 amide bonds. The van der Waals surface area contributed by atoms with Crippen molar-refractivity contribution in [2.75, 3.05) is 26.3 Å². The van der Waals surface area contributed by atoms with Crippen LogP contribution >= 0.6 is 0 Å². The molecule has 3 heterocycles. The summed E-state index contributed by atoms with van der Waals surface area (Å²) in [7, 11) is 0. The normalized spacial score (nSPS) is 22.6. The molecule has 2 saturated heterocycles. The van der Waals surface area contributed by atoms with Crippen molar-refractivity contribution in [3.63, 3.8) is 0 Å². The molecular formula is C19H24N2O. The minimum atomic E-state index is 0.301. The largest absolute Gasteiger partial charge is 0.377 e. The van der Waals surface area contributed by atoms with Crippen molar-refractivity contribution in [3.8, 4) is 0 Å². The fourth-order valence-corrected chi connectivity index (χ4v) is 4.02. The third kappa shape index (κ3) is 2.33. The van der Waals surface area contributed by atoms with E-state index in [4.69, 9.17) is 4.74 Å². The number of hydrogen-bond donors (Lipinski definition) is 0. The third-order valence-electron chi connectivity index (χ3n) is 5.55. The van der Waals surface area contributed by atoms with E-state index in [1.807, 2.05) is 12.4 Å². The Hall–Kier alpha value is -1.45. The molecule has 2 aromatic rings. The van der Waals surface area contributed by atoms with Gasteiger partial charge in [-0.1, -0.05) is 6.07 Å². The summed E-state index contributed by atoms with van der Waals surface area (Å²) in [6.07, 6.45) is 6.37. The smallest absolute Gasteiger partial charge is 0.0671 e. The molecule has 22 heavy (non-hydrogen) atoms. The minimum absolute atomic E-state index is 0.301. The minimum Gasteiger partial charge on any atom is -0.377 e. The molecule has 2 aliphatic heterocycles. The molecule has 0 radical (unpaired) electrons. The fraction of sp³-hybridized carbons (Fsp3) is 0.526. The van der Waals surface area contributed by atoms with Crippen LogP contribution in [0.4, 0.5) is 0 Å². The molecule has 4 rings (SSSR count). The summed E-state index contributed by atoms with van der Waals surface area (Å²) >= 11 is 0. The van der Waals surface area contributed by atoms with Gasteiger partial charge in [-0.05, 0) is 74.3 Å². The van der Waals surface area contributed by atoms with E-state index in [0.717, 1.165) is 13.2 Å². The summed E-state index contributed by atoms with van der Waals surface area (Å²) in [6.45, 7) is 8.77. The Morgan fingerprint density at radius 3 is 2.64 bits per heavy atom. The molecule has 116 valence electrons. The summed E-state index contributed by atoms with van der Waals surface area (Å²) in [5.74, 6) is 0.693. The predicted octanol–water partition coefficient (Wildman–Crippen LogP) is 3.51. The molecular weight excluding hydrogens is 272 g/mol. The first kappa shape index (κ1) is 14.2. The molecule has 1 aromatic carbocycles. The van der Waals surface area contributed by atoms with E-state index in [2.05, 4.69) is 41.9 Å². The summed E-state index contributed by atoms with van der Waals surface area (Å²) in [5.41, 5.74) is 3.25. The van der Waals surface area contributed by atoms with Crippen LogP contribution in [0.1, 0.15) is 36.8 Å². The van der Waals surface area contributed by atoms with Gasteiger partial charge in [-0.15, -0.1) is 0 Å². The van der Waals surface area contributed by atoms with Crippen LogP contribution in [0.15, 0.2) is 30.6 Å². The van der Waals surface area contributed by atoms with E-state index in [-0.39, 0.29) is 0 Å². The van der Waals surface area contributed by atoms with Gasteiger partial charge in [-0.2, -0.15) is 0 Å². The van der Waals surface area contributed by atoms with Crippen molar-refractivity contribution in [1.29, 1.82) is 0 Å². The van der Waals surface area contributed by atoms with E-state index in [1.165, 1.54) is 47.8 Å². The topological polar surface area (TPSA) is 25.4 Å². The zero-order valence-electron chi connectivity index (χ0n) is 13.5. The highest BCUT2D eigenvalue weighted by atomic mass is 16.5. The lowest BCUT2D eigenvalue weighted by Gasteiger charge is -2.50. The number of nitrogens with zero attached hydrogens (tertiary/aromatic N) is 2. The molecule has 0 bridgehead atoms. The van der Waals surface area contributed by atoms with Gasteiger partial charge in [0.25, 0.3) is 0 Å². The summed E-state index contributed by atoms with van der Waals surface area (Å²) < 4.78 is 5.42. The van der Waals surface area contributed by atoms with Gasteiger partial charge in [0.2, 0.25) is 0 Å². The van der Waals surface area contributed by atoms with Crippen LogP contribution in [0.3, 0.4) is 0 Å². The highest BCUT2D eigenvalue weighted by Gasteiger charge is 2.40. The highest BCUT2D eigenvalue weighted by Crippen LogP contribution is 2.36. The molecule has 2 aliphatic rings. The van der Waals surface area contributed by atoms with Crippen LogP contribution < -0.4 is 0 Å². The zero-order chi connectivity index (χ0) is 15.2. The van der Waals surface area contributed by atoms with Crippen LogP contribution in [0.25, 0.3) is 10.8 Å². The van der Waals surface area contributed by atoms with Crippen LogP contribution in [0, 0.1) is 6.92 Å². The maximum Gasteiger partial charge on any atom is 0.0671 e. The Kier molecular flexibility index (Phi) is 3.43. The Morgan fingerprint density at radius 2 is 1.95 bits per heavy atom. The van der Waals surface area contributed by atoms with E-state index >= 15 is 0 Å². The number of fused-ring (bicyclic) bond motifs is 1. The second kappa shape index (κ2) is 5.32. The Bertz CT molecular complexity index is 685. The monoisotopic (exact) mass is 296 g/mol. The molecule has 3 heteroatoms. The predicted molar refractivity (Wildman–Crippen MR) is 89.3 cm³/mol. The van der Waals surface area contributed by atoms with E-state index in [1.54, 1.807) is 0 Å². The average molecular weight is 296 g/mol. The quantitative estimate of drug-likeness (QED) is 0.848. The fourth-order valence-electron chi connectivity index (χ4n) is 4.02. The van der Waals surface area contributed by atoms with Crippen LogP contribution in [0.2, 0.25) is 0 Å². The van der Waals surface area contributed by atoms with Gasteiger partial charge in [-0.3, -0.25) is 9.88 Å². The molecule has 2 fully saturated rings. The zero-order valence-corrected chi connectivity index (χ0v) is 13.5. The lowest BCUT2D eigenvalue weighted by atomic mass is 9.83. The number of benzene rings is 1. The highest BCUT2D eigenvalue weighted by molar-refractivity contribution is 5.83. The van der Waals surface area contributed by atoms with Crippen LogP contribution in [-0.4, -0.2) is 41.7 Å². The van der Waals surface area contributed by atoms with Gasteiger partial charge in [0.1, 0.15) is 0 Å². The average Bonchev–Trinajstić information content (AvgIpc) is 2.52. The first-order valence-electron chi connectivity index (χ1n) is 8.33. The van der Waals surface area contributed by atoms with Crippen molar-refractivity contribution in [2.24, 2.45) is 0 Å². The van der Waals surface area contributed by atoms with Crippen molar-refractivity contribution in [2.45, 2.75) is 38.1 Å². The molecule has 0 aliphatic carbocycles. The second-order valence-electron chi connectivity index (χ2n) is 7.18. The molecule has 0 atom stereocenters. The van der Waals surface area contributed by atoms with Gasteiger partial charge >= 0.3 is 0 Å². The van der Waals surface area contributed by atoms with E-state index in [0.29, 0.717) is 11.5 Å². The summed E-state index contributed by atoms with van der Waals surface area (Å²) in [6, 6.07) is 6.81. The number of aromatic nitrogens is 1. The standard InChI is InChI=1S/C19H24N2O/c1-14-9-17-11-20-6-3-16(17)10-18(14)15-4-7-21(8-5-15)19(2)12-22-13-19/h3,6,9-11,15H,4-5,7-8,12-13H2,1-2H3. The van der Waals surface area contributed by atoms with Crippen LogP contribution in [-0.2, 0) is 4.74 Å². The molecule has 0 unspecified atom stereocenters. The Balaban J connectivity index is 1.54. The summed E-state index contributed by atoms with van der Waals surface area (Å²) in [4.78, 5) is 6.86. The van der Waals surface area contributed by atoms with Crippen molar-refractivity contribution >= 4 is 10.8 Å². The first-order valence-corrected chi connectivity index (χ1v) is 8.33. The maximum atomic E-state index is 5.42. The van der Waals surface area contributed by atoms with Gasteiger partial charge < -0.3 is 4.74 Å². The van der Waals surface area contributed by atoms with Crippen LogP contribution in [0.5, 0.6) is 0 Å².